The van der Waals surface area contributed by atoms with Crippen LogP contribution >= 0.6 is 0 Å². The van der Waals surface area contributed by atoms with Crippen molar-refractivity contribution in [2.45, 2.75) is 40.7 Å². The Morgan fingerprint density at radius 3 is 2.00 bits per heavy atom. The third kappa shape index (κ3) is 7.92. The van der Waals surface area contributed by atoms with Gasteiger partial charge in [-0.3, -0.25) is 0 Å². The van der Waals surface area contributed by atoms with Crippen molar-refractivity contribution in [3.63, 3.8) is 0 Å². The maximum Gasteiger partial charge on any atom is 0.0873 e. The van der Waals surface area contributed by atoms with Crippen molar-refractivity contribution in [3.05, 3.63) is 0 Å². The number of hydrogen-bond acceptors (Lipinski definition) is 2. The van der Waals surface area contributed by atoms with E-state index < -0.39 is 0 Å². The zero-order valence-corrected chi connectivity index (χ0v) is 7.60. The summed E-state index contributed by atoms with van der Waals surface area (Å²) in [5, 5.41) is 0. The van der Waals surface area contributed by atoms with Crippen LogP contribution in [0, 0.1) is 5.41 Å². The molecule has 0 bridgehead atoms. The Bertz CT molecular complexity index is 81.7. The van der Waals surface area contributed by atoms with Gasteiger partial charge in [0.15, 0.2) is 0 Å². The maximum absolute atomic E-state index is 4.96. The molecule has 0 spiro atoms. The first-order chi connectivity index (χ1) is 4.42. The van der Waals surface area contributed by atoms with Crippen molar-refractivity contribution in [2.75, 3.05) is 6.61 Å². The van der Waals surface area contributed by atoms with Crippen molar-refractivity contribution in [3.8, 4) is 0 Å². The Labute approximate surface area is 63.5 Å². The van der Waals surface area contributed by atoms with Crippen molar-refractivity contribution < 1.29 is 9.78 Å². The fourth-order valence-corrected chi connectivity index (χ4v) is 0.347. The van der Waals surface area contributed by atoms with Crippen molar-refractivity contribution in [1.29, 1.82) is 0 Å². The molecule has 0 atom stereocenters. The van der Waals surface area contributed by atoms with Crippen LogP contribution < -0.4 is 0 Å². The second kappa shape index (κ2) is 3.94. The summed E-state index contributed by atoms with van der Waals surface area (Å²) in [5.74, 6) is 0. The average molecular weight is 146 g/mol. The Hall–Kier alpha value is -0.0800. The van der Waals surface area contributed by atoms with Crippen LogP contribution in [-0.2, 0) is 9.78 Å². The molecule has 2 heteroatoms. The van der Waals surface area contributed by atoms with E-state index in [1.54, 1.807) is 0 Å². The third-order valence-electron chi connectivity index (χ3n) is 0.752. The van der Waals surface area contributed by atoms with Gasteiger partial charge in [-0.15, -0.1) is 0 Å². The lowest BCUT2D eigenvalue weighted by molar-refractivity contribution is -0.327. The highest BCUT2D eigenvalue weighted by Crippen LogP contribution is 2.13. The van der Waals surface area contributed by atoms with E-state index in [0.29, 0.717) is 6.61 Å². The molecule has 0 rings (SSSR count). The fraction of sp³-hybridized carbons (Fsp3) is 1.00. The van der Waals surface area contributed by atoms with E-state index in [4.69, 9.17) is 9.78 Å². The van der Waals surface area contributed by atoms with Crippen LogP contribution in [0.15, 0.2) is 0 Å². The van der Waals surface area contributed by atoms with E-state index in [9.17, 15) is 0 Å². The van der Waals surface area contributed by atoms with Gasteiger partial charge in [-0.25, -0.2) is 9.78 Å². The molecule has 0 aliphatic rings. The molecule has 0 heterocycles. The molecule has 62 valence electrons. The second-order valence-electron chi connectivity index (χ2n) is 3.97. The van der Waals surface area contributed by atoms with Crippen molar-refractivity contribution in [2.24, 2.45) is 5.41 Å². The smallest absolute Gasteiger partial charge is 0.0873 e. The first kappa shape index (κ1) is 9.92. The molecule has 0 aliphatic heterocycles. The molecule has 0 fully saturated rings. The Morgan fingerprint density at radius 2 is 1.70 bits per heavy atom. The van der Waals surface area contributed by atoms with Crippen LogP contribution in [-0.4, -0.2) is 12.7 Å². The molecule has 0 aromatic carbocycles. The van der Waals surface area contributed by atoms with Crippen LogP contribution in [0.4, 0.5) is 0 Å². The minimum atomic E-state index is 0.155. The molecule has 0 amide bonds. The van der Waals surface area contributed by atoms with Gasteiger partial charge in [0.25, 0.3) is 0 Å². The average Bonchev–Trinajstić information content (AvgIpc) is 1.59. The molecule has 0 aliphatic carbocycles. The lowest BCUT2D eigenvalue weighted by Crippen LogP contribution is -2.16. The quantitative estimate of drug-likeness (QED) is 0.449. The van der Waals surface area contributed by atoms with Crippen LogP contribution in [0.3, 0.4) is 0 Å². The summed E-state index contributed by atoms with van der Waals surface area (Å²) in [4.78, 5) is 9.88. The van der Waals surface area contributed by atoms with E-state index in [1.165, 1.54) is 0 Å². The molecular weight excluding hydrogens is 128 g/mol. The Kier molecular flexibility index (Phi) is 3.91. The van der Waals surface area contributed by atoms with Gasteiger partial charge < -0.3 is 0 Å². The first-order valence-corrected chi connectivity index (χ1v) is 3.70. The molecule has 0 radical (unpaired) electrons. The normalized spacial score (nSPS) is 12.6. The van der Waals surface area contributed by atoms with Crippen LogP contribution in [0.25, 0.3) is 0 Å². The highest BCUT2D eigenvalue weighted by molar-refractivity contribution is 4.57. The van der Waals surface area contributed by atoms with Gasteiger partial charge in [-0.1, -0.05) is 20.8 Å². The maximum atomic E-state index is 4.96. The monoisotopic (exact) mass is 146 g/mol. The molecular formula is C8H18O2. The van der Waals surface area contributed by atoms with Crippen LogP contribution in [0.5, 0.6) is 0 Å². The van der Waals surface area contributed by atoms with Gasteiger partial charge in [-0.05, 0) is 19.3 Å². The molecule has 0 aromatic heterocycles. The Balaban J connectivity index is 3.21. The molecule has 0 saturated carbocycles. The molecule has 0 N–H and O–H groups in total. The predicted molar refractivity (Wildman–Crippen MR) is 41.6 cm³/mol. The molecule has 0 saturated heterocycles. The summed E-state index contributed by atoms with van der Waals surface area (Å²) in [5.41, 5.74) is 0.189. The van der Waals surface area contributed by atoms with E-state index in [1.807, 2.05) is 13.8 Å². The highest BCUT2D eigenvalue weighted by atomic mass is 17.2. The zero-order chi connectivity index (χ0) is 8.20. The largest absolute Gasteiger partial charge is 0.236 e. The van der Waals surface area contributed by atoms with Gasteiger partial charge >= 0.3 is 0 Å². The molecule has 0 aromatic rings. The third-order valence-corrected chi connectivity index (χ3v) is 0.752. The minimum Gasteiger partial charge on any atom is -0.236 e. The van der Waals surface area contributed by atoms with Gasteiger partial charge in [-0.2, -0.15) is 0 Å². The van der Waals surface area contributed by atoms with E-state index in [2.05, 4.69) is 20.8 Å². The SMILES string of the molecule is CC(C)OOCC(C)(C)C. The summed E-state index contributed by atoms with van der Waals surface area (Å²) in [6.45, 7) is 10.9. The van der Waals surface area contributed by atoms with Gasteiger partial charge in [0.05, 0.1) is 12.7 Å². The summed E-state index contributed by atoms with van der Waals surface area (Å²) in [6, 6.07) is 0. The molecule has 10 heavy (non-hydrogen) atoms. The second-order valence-corrected chi connectivity index (χ2v) is 3.97. The first-order valence-electron chi connectivity index (χ1n) is 3.70. The lowest BCUT2D eigenvalue weighted by Gasteiger charge is -2.17. The summed E-state index contributed by atoms with van der Waals surface area (Å²) in [7, 11) is 0. The van der Waals surface area contributed by atoms with Gasteiger partial charge in [0, 0.05) is 0 Å². The minimum absolute atomic E-state index is 0.155. The topological polar surface area (TPSA) is 18.5 Å². The van der Waals surface area contributed by atoms with E-state index >= 15 is 0 Å². The van der Waals surface area contributed by atoms with E-state index in [0.717, 1.165) is 0 Å². The Morgan fingerprint density at radius 1 is 1.20 bits per heavy atom. The van der Waals surface area contributed by atoms with Crippen molar-refractivity contribution in [1.82, 2.24) is 0 Å². The predicted octanol–water partition coefficient (Wildman–Crippen LogP) is 2.39. The van der Waals surface area contributed by atoms with E-state index in [-0.39, 0.29) is 11.5 Å². The highest BCUT2D eigenvalue weighted by Gasteiger charge is 2.10. The van der Waals surface area contributed by atoms with Crippen molar-refractivity contribution >= 4 is 0 Å². The number of rotatable bonds is 3. The standard InChI is InChI=1S/C8H18O2/c1-7(2)10-9-6-8(3,4)5/h7H,6H2,1-5H3. The summed E-state index contributed by atoms with van der Waals surface area (Å²) in [6.07, 6.45) is 0.155. The van der Waals surface area contributed by atoms with Gasteiger partial charge in [0.2, 0.25) is 0 Å². The van der Waals surface area contributed by atoms with Gasteiger partial charge in [0.1, 0.15) is 0 Å². The molecule has 2 nitrogen and oxygen atoms in total. The zero-order valence-electron chi connectivity index (χ0n) is 7.60. The molecule has 0 unspecified atom stereocenters. The van der Waals surface area contributed by atoms with Crippen LogP contribution in [0.1, 0.15) is 34.6 Å². The lowest BCUT2D eigenvalue weighted by atomic mass is 9.99. The summed E-state index contributed by atoms with van der Waals surface area (Å²) < 4.78 is 0. The van der Waals surface area contributed by atoms with Crippen LogP contribution in [0.2, 0.25) is 0 Å². The fourth-order valence-electron chi connectivity index (χ4n) is 0.347. The number of hydrogen-bond donors (Lipinski definition) is 0. The summed E-state index contributed by atoms with van der Waals surface area (Å²) >= 11 is 0.